The van der Waals surface area contributed by atoms with Crippen LogP contribution in [0.25, 0.3) is 22.3 Å². The number of nitrogens with one attached hydrogen (secondary N) is 1. The summed E-state index contributed by atoms with van der Waals surface area (Å²) in [5.41, 5.74) is 4.32. The maximum absolute atomic E-state index is 15.1. The van der Waals surface area contributed by atoms with Crippen molar-refractivity contribution >= 4 is 44.0 Å². The van der Waals surface area contributed by atoms with Crippen LogP contribution in [0.15, 0.2) is 47.2 Å². The lowest BCUT2D eigenvalue weighted by atomic mass is 10.0. The molecule has 0 amide bonds. The molecule has 1 N–H and O–H groups in total. The van der Waals surface area contributed by atoms with E-state index >= 15 is 4.39 Å². The van der Waals surface area contributed by atoms with Gasteiger partial charge in [0.25, 0.3) is 0 Å². The molecule has 1 aromatic carbocycles. The van der Waals surface area contributed by atoms with Gasteiger partial charge in [0.2, 0.25) is 0 Å². The highest BCUT2D eigenvalue weighted by molar-refractivity contribution is 9.10. The van der Waals surface area contributed by atoms with Gasteiger partial charge in [-0.05, 0) is 47.5 Å². The van der Waals surface area contributed by atoms with Crippen LogP contribution in [0.4, 0.5) is 26.0 Å². The number of hydrogen-bond acceptors (Lipinski definition) is 6. The van der Waals surface area contributed by atoms with Gasteiger partial charge in [0.05, 0.1) is 51.4 Å². The summed E-state index contributed by atoms with van der Waals surface area (Å²) >= 11 is 3.55. The Labute approximate surface area is 204 Å². The van der Waals surface area contributed by atoms with Crippen LogP contribution in [-0.2, 0) is 4.74 Å². The first-order valence-corrected chi connectivity index (χ1v) is 11.7. The van der Waals surface area contributed by atoms with Crippen molar-refractivity contribution in [1.82, 2.24) is 15.0 Å². The van der Waals surface area contributed by atoms with E-state index in [-0.39, 0.29) is 10.9 Å². The van der Waals surface area contributed by atoms with Crippen LogP contribution in [0.5, 0.6) is 0 Å². The molecule has 4 heterocycles. The third kappa shape index (κ3) is 4.33. The molecule has 0 atom stereocenters. The zero-order valence-electron chi connectivity index (χ0n) is 18.7. The largest absolute Gasteiger partial charge is 0.378 e. The Morgan fingerprint density at radius 3 is 2.62 bits per heavy atom. The highest BCUT2D eigenvalue weighted by atomic mass is 79.9. The number of ether oxygens (including phenoxy) is 1. The first-order chi connectivity index (χ1) is 16.4. The Kier molecular flexibility index (Phi) is 6.14. The van der Waals surface area contributed by atoms with Crippen molar-refractivity contribution in [2.45, 2.75) is 13.8 Å². The predicted octanol–water partition coefficient (Wildman–Crippen LogP) is 5.93. The van der Waals surface area contributed by atoms with Gasteiger partial charge in [-0.1, -0.05) is 0 Å². The average Bonchev–Trinajstić information content (AvgIpc) is 2.82. The molecule has 0 bridgehead atoms. The summed E-state index contributed by atoms with van der Waals surface area (Å²) in [7, 11) is 0. The lowest BCUT2D eigenvalue weighted by Crippen LogP contribution is -2.36. The standard InChI is InChI=1S/C25H22BrF2N5O/c1-14-3-4-29-21(9-14)24-15(2)25(23-18(28)10-16(27)11-20(23)32-24)31-19-12-22(30-13-17(19)26)33-5-7-34-8-6-33/h3-4,9-13H,5-8H2,1-2H3,(H,30,31,32). The van der Waals surface area contributed by atoms with Gasteiger partial charge in [0.1, 0.15) is 17.5 Å². The van der Waals surface area contributed by atoms with Gasteiger partial charge in [0.15, 0.2) is 0 Å². The summed E-state index contributed by atoms with van der Waals surface area (Å²) in [6.45, 7) is 6.57. The molecule has 0 aliphatic carbocycles. The number of benzene rings is 1. The molecule has 174 valence electrons. The number of rotatable bonds is 4. The Morgan fingerprint density at radius 1 is 1.06 bits per heavy atom. The van der Waals surface area contributed by atoms with E-state index < -0.39 is 11.6 Å². The summed E-state index contributed by atoms with van der Waals surface area (Å²) in [6.07, 6.45) is 3.41. The fourth-order valence-electron chi connectivity index (χ4n) is 4.10. The number of fused-ring (bicyclic) bond motifs is 1. The summed E-state index contributed by atoms with van der Waals surface area (Å²) < 4.78 is 35.4. The van der Waals surface area contributed by atoms with Gasteiger partial charge in [0, 0.05) is 49.2 Å². The molecule has 9 heteroatoms. The van der Waals surface area contributed by atoms with E-state index in [2.05, 4.69) is 41.1 Å². The maximum Gasteiger partial charge on any atom is 0.137 e. The maximum atomic E-state index is 15.1. The number of pyridine rings is 3. The number of hydrogen-bond donors (Lipinski definition) is 1. The van der Waals surface area contributed by atoms with Crippen LogP contribution >= 0.6 is 15.9 Å². The smallest absolute Gasteiger partial charge is 0.137 e. The highest BCUT2D eigenvalue weighted by Crippen LogP contribution is 2.38. The normalized spacial score (nSPS) is 14.0. The van der Waals surface area contributed by atoms with Gasteiger partial charge in [-0.15, -0.1) is 0 Å². The minimum atomic E-state index is -0.685. The molecule has 34 heavy (non-hydrogen) atoms. The molecular formula is C25H22BrF2N5O. The van der Waals surface area contributed by atoms with Crippen LogP contribution in [0, 0.1) is 25.5 Å². The van der Waals surface area contributed by atoms with Crippen molar-refractivity contribution in [3.05, 3.63) is 70.0 Å². The predicted molar refractivity (Wildman–Crippen MR) is 133 cm³/mol. The van der Waals surface area contributed by atoms with Gasteiger partial charge >= 0.3 is 0 Å². The lowest BCUT2D eigenvalue weighted by Gasteiger charge is -2.28. The van der Waals surface area contributed by atoms with E-state index in [4.69, 9.17) is 4.74 Å². The molecule has 0 radical (unpaired) electrons. The van der Waals surface area contributed by atoms with Gasteiger partial charge < -0.3 is 15.0 Å². The molecule has 3 aromatic heterocycles. The Balaban J connectivity index is 1.68. The van der Waals surface area contributed by atoms with Crippen molar-refractivity contribution < 1.29 is 13.5 Å². The molecule has 1 aliphatic rings. The summed E-state index contributed by atoms with van der Waals surface area (Å²) in [5.74, 6) is -0.581. The number of halogens is 3. The van der Waals surface area contributed by atoms with Gasteiger partial charge in [-0.3, -0.25) is 4.98 Å². The minimum absolute atomic E-state index is 0.211. The van der Waals surface area contributed by atoms with Crippen molar-refractivity contribution in [1.29, 1.82) is 0 Å². The fraction of sp³-hybridized carbons (Fsp3) is 0.240. The second-order valence-corrected chi connectivity index (χ2v) is 9.06. The molecule has 0 spiro atoms. The molecule has 0 saturated carbocycles. The number of aryl methyl sites for hydroxylation is 1. The van der Waals surface area contributed by atoms with Crippen LogP contribution < -0.4 is 10.2 Å². The van der Waals surface area contributed by atoms with Crippen LogP contribution in [-0.4, -0.2) is 41.3 Å². The molecule has 1 saturated heterocycles. The van der Waals surface area contributed by atoms with E-state index in [1.54, 1.807) is 12.4 Å². The molecule has 6 nitrogen and oxygen atoms in total. The lowest BCUT2D eigenvalue weighted by molar-refractivity contribution is 0.122. The fourth-order valence-corrected chi connectivity index (χ4v) is 4.42. The first kappa shape index (κ1) is 22.6. The van der Waals surface area contributed by atoms with E-state index in [1.807, 2.05) is 32.0 Å². The number of morpholine rings is 1. The van der Waals surface area contributed by atoms with Gasteiger partial charge in [-0.2, -0.15) is 0 Å². The molecule has 4 aromatic rings. The zero-order chi connectivity index (χ0) is 23.8. The van der Waals surface area contributed by atoms with Crippen molar-refractivity contribution in [2.75, 3.05) is 36.5 Å². The molecule has 0 unspecified atom stereocenters. The topological polar surface area (TPSA) is 63.2 Å². The first-order valence-electron chi connectivity index (χ1n) is 10.9. The second kappa shape index (κ2) is 9.23. The zero-order valence-corrected chi connectivity index (χ0v) is 20.3. The number of nitrogens with zero attached hydrogens (tertiary/aromatic N) is 4. The second-order valence-electron chi connectivity index (χ2n) is 8.21. The molecule has 1 fully saturated rings. The quantitative estimate of drug-likeness (QED) is 0.356. The number of aromatic nitrogens is 3. The monoisotopic (exact) mass is 525 g/mol. The summed E-state index contributed by atoms with van der Waals surface area (Å²) in [6, 6.07) is 7.81. The average molecular weight is 526 g/mol. The van der Waals surface area contributed by atoms with Crippen LogP contribution in [0.2, 0.25) is 0 Å². The third-order valence-corrected chi connectivity index (χ3v) is 6.47. The molecule has 5 rings (SSSR count). The van der Waals surface area contributed by atoms with Crippen molar-refractivity contribution in [3.63, 3.8) is 0 Å². The van der Waals surface area contributed by atoms with E-state index in [0.29, 0.717) is 46.0 Å². The van der Waals surface area contributed by atoms with E-state index in [9.17, 15) is 4.39 Å². The SMILES string of the molecule is Cc1ccnc(-c2nc3cc(F)cc(F)c3c(Nc3cc(N4CCOCC4)ncc3Br)c2C)c1. The Morgan fingerprint density at radius 2 is 1.85 bits per heavy atom. The van der Waals surface area contributed by atoms with E-state index in [0.717, 1.165) is 30.5 Å². The Hall–Kier alpha value is -3.17. The van der Waals surface area contributed by atoms with Crippen molar-refractivity contribution in [2.24, 2.45) is 0 Å². The third-order valence-electron chi connectivity index (χ3n) is 5.84. The van der Waals surface area contributed by atoms with Crippen molar-refractivity contribution in [3.8, 4) is 11.4 Å². The minimum Gasteiger partial charge on any atom is -0.378 e. The van der Waals surface area contributed by atoms with Crippen LogP contribution in [0.3, 0.4) is 0 Å². The number of anilines is 3. The van der Waals surface area contributed by atoms with E-state index in [1.165, 1.54) is 6.07 Å². The summed E-state index contributed by atoms with van der Waals surface area (Å²) in [4.78, 5) is 15.7. The summed E-state index contributed by atoms with van der Waals surface area (Å²) in [5, 5.41) is 3.59. The Bertz CT molecular complexity index is 1390. The van der Waals surface area contributed by atoms with Gasteiger partial charge in [-0.25, -0.2) is 18.7 Å². The van der Waals surface area contributed by atoms with Crippen LogP contribution in [0.1, 0.15) is 11.1 Å². The molecular weight excluding hydrogens is 504 g/mol. The highest BCUT2D eigenvalue weighted by Gasteiger charge is 2.20. The molecule has 1 aliphatic heterocycles.